The van der Waals surface area contributed by atoms with Gasteiger partial charge in [0.25, 0.3) is 0 Å². The molecule has 0 saturated carbocycles. The Morgan fingerprint density at radius 3 is 2.67 bits per heavy atom. The number of hydrogen-bond acceptors (Lipinski definition) is 3. The summed E-state index contributed by atoms with van der Waals surface area (Å²) in [5.74, 6) is 0.0679. The summed E-state index contributed by atoms with van der Waals surface area (Å²) in [7, 11) is -3.22. The molecule has 1 aromatic carbocycles. The molecule has 0 aromatic heterocycles. The molecule has 21 heavy (non-hydrogen) atoms. The lowest BCUT2D eigenvalue weighted by Gasteiger charge is -2.26. The Morgan fingerprint density at radius 2 is 1.95 bits per heavy atom. The van der Waals surface area contributed by atoms with Gasteiger partial charge in [-0.05, 0) is 51.4 Å². The minimum absolute atomic E-state index is 0.0679. The van der Waals surface area contributed by atoms with Gasteiger partial charge in [0.15, 0.2) is 0 Å². The van der Waals surface area contributed by atoms with E-state index in [0.717, 1.165) is 37.2 Å². The normalized spacial score (nSPS) is 17.0. The van der Waals surface area contributed by atoms with E-state index in [2.05, 4.69) is 9.62 Å². The van der Waals surface area contributed by atoms with Crippen LogP contribution in [0, 0.1) is 6.92 Å². The highest BCUT2D eigenvalue weighted by Gasteiger charge is 2.12. The molecule has 0 atom stereocenters. The van der Waals surface area contributed by atoms with E-state index in [9.17, 15) is 8.42 Å². The van der Waals surface area contributed by atoms with Crippen LogP contribution in [0.3, 0.4) is 0 Å². The van der Waals surface area contributed by atoms with Crippen molar-refractivity contribution in [3.8, 4) is 0 Å². The van der Waals surface area contributed by atoms with Gasteiger partial charge in [0.05, 0.1) is 5.75 Å². The smallest absolute Gasteiger partial charge is 0.215 e. The zero-order valence-corrected chi connectivity index (χ0v) is 13.7. The van der Waals surface area contributed by atoms with Gasteiger partial charge >= 0.3 is 0 Å². The first-order valence-electron chi connectivity index (χ1n) is 7.80. The summed E-state index contributed by atoms with van der Waals surface area (Å²) in [6.45, 7) is 5.83. The molecule has 1 aliphatic heterocycles. The zero-order chi connectivity index (χ0) is 15.1. The molecule has 0 spiro atoms. The molecule has 118 valence electrons. The maximum absolute atomic E-state index is 12.0. The first kappa shape index (κ1) is 16.5. The van der Waals surface area contributed by atoms with Crippen molar-refractivity contribution >= 4 is 10.0 Å². The average molecular weight is 310 g/mol. The Morgan fingerprint density at radius 1 is 1.19 bits per heavy atom. The number of sulfonamides is 1. The van der Waals surface area contributed by atoms with Gasteiger partial charge < -0.3 is 4.90 Å². The molecule has 1 N–H and O–H groups in total. The van der Waals surface area contributed by atoms with Crippen molar-refractivity contribution in [2.45, 2.75) is 38.4 Å². The van der Waals surface area contributed by atoms with Crippen LogP contribution in [0.1, 0.15) is 36.8 Å². The maximum Gasteiger partial charge on any atom is 0.215 e. The van der Waals surface area contributed by atoms with E-state index in [1.54, 1.807) is 0 Å². The van der Waals surface area contributed by atoms with Crippen molar-refractivity contribution in [2.75, 3.05) is 26.2 Å². The summed E-state index contributed by atoms with van der Waals surface area (Å²) < 4.78 is 26.8. The van der Waals surface area contributed by atoms with Gasteiger partial charge in [-0.1, -0.05) is 36.2 Å². The predicted octanol–water partition coefficient (Wildman–Crippen LogP) is 2.29. The van der Waals surface area contributed by atoms with Gasteiger partial charge in [-0.2, -0.15) is 0 Å². The molecule has 0 amide bonds. The molecular formula is C16H26N2O2S. The van der Waals surface area contributed by atoms with Crippen molar-refractivity contribution in [2.24, 2.45) is 0 Å². The van der Waals surface area contributed by atoms with Gasteiger partial charge in [-0.3, -0.25) is 0 Å². The van der Waals surface area contributed by atoms with Crippen LogP contribution in [0.5, 0.6) is 0 Å². The Balaban J connectivity index is 1.71. The SMILES string of the molecule is Cc1cccc(CS(=O)(=O)NCCCN2CCCCC2)c1. The first-order chi connectivity index (χ1) is 10.1. The molecule has 1 aliphatic rings. The van der Waals surface area contributed by atoms with Crippen LogP contribution < -0.4 is 4.72 Å². The first-order valence-corrected chi connectivity index (χ1v) is 9.46. The summed E-state index contributed by atoms with van der Waals surface area (Å²) in [5.41, 5.74) is 1.94. The maximum atomic E-state index is 12.0. The van der Waals surface area contributed by atoms with Gasteiger partial charge in [0.2, 0.25) is 10.0 Å². The lowest BCUT2D eigenvalue weighted by atomic mass is 10.1. The molecule has 1 aromatic rings. The molecule has 1 fully saturated rings. The Bertz CT molecular complexity index is 537. The summed E-state index contributed by atoms with van der Waals surface area (Å²) in [6.07, 6.45) is 4.77. The highest BCUT2D eigenvalue weighted by Crippen LogP contribution is 2.09. The lowest BCUT2D eigenvalue weighted by Crippen LogP contribution is -2.33. The highest BCUT2D eigenvalue weighted by molar-refractivity contribution is 7.88. The van der Waals surface area contributed by atoms with E-state index in [0.29, 0.717) is 6.54 Å². The molecule has 1 heterocycles. The second-order valence-corrected chi connectivity index (χ2v) is 7.71. The Hall–Kier alpha value is -0.910. The minimum atomic E-state index is -3.22. The third kappa shape index (κ3) is 6.16. The summed E-state index contributed by atoms with van der Waals surface area (Å²) in [4.78, 5) is 2.43. The fraction of sp³-hybridized carbons (Fsp3) is 0.625. The largest absolute Gasteiger partial charge is 0.303 e. The highest BCUT2D eigenvalue weighted by atomic mass is 32.2. The standard InChI is InChI=1S/C16H26N2O2S/c1-15-7-5-8-16(13-15)14-21(19,20)17-9-6-12-18-10-3-2-4-11-18/h5,7-8,13,17H,2-4,6,9-12,14H2,1H3. The number of likely N-dealkylation sites (tertiary alicyclic amines) is 1. The molecule has 4 nitrogen and oxygen atoms in total. The second kappa shape index (κ2) is 7.92. The number of aryl methyl sites for hydroxylation is 1. The van der Waals surface area contributed by atoms with Gasteiger partial charge in [-0.25, -0.2) is 13.1 Å². The topological polar surface area (TPSA) is 49.4 Å². The molecule has 0 aliphatic carbocycles. The molecule has 0 unspecified atom stereocenters. The third-order valence-corrected chi connectivity index (χ3v) is 5.22. The van der Waals surface area contributed by atoms with Crippen molar-refractivity contribution < 1.29 is 8.42 Å². The molecule has 5 heteroatoms. The van der Waals surface area contributed by atoms with Crippen LogP contribution in [0.15, 0.2) is 24.3 Å². The Kier molecular flexibility index (Phi) is 6.21. The quantitative estimate of drug-likeness (QED) is 0.786. The molecule has 0 radical (unpaired) electrons. The minimum Gasteiger partial charge on any atom is -0.303 e. The van der Waals surface area contributed by atoms with Crippen molar-refractivity contribution in [3.63, 3.8) is 0 Å². The van der Waals surface area contributed by atoms with Gasteiger partial charge in [-0.15, -0.1) is 0 Å². The van der Waals surface area contributed by atoms with E-state index in [1.165, 1.54) is 19.3 Å². The Labute approximate surface area is 128 Å². The van der Waals surface area contributed by atoms with Crippen molar-refractivity contribution in [1.29, 1.82) is 0 Å². The number of rotatable bonds is 7. The van der Waals surface area contributed by atoms with Crippen LogP contribution in [-0.4, -0.2) is 39.5 Å². The van der Waals surface area contributed by atoms with Crippen LogP contribution in [0.4, 0.5) is 0 Å². The van der Waals surface area contributed by atoms with Crippen LogP contribution >= 0.6 is 0 Å². The molecular weight excluding hydrogens is 284 g/mol. The number of hydrogen-bond donors (Lipinski definition) is 1. The van der Waals surface area contributed by atoms with E-state index in [-0.39, 0.29) is 5.75 Å². The fourth-order valence-corrected chi connectivity index (χ4v) is 3.96. The second-order valence-electron chi connectivity index (χ2n) is 5.90. The van der Waals surface area contributed by atoms with Crippen LogP contribution in [0.2, 0.25) is 0 Å². The van der Waals surface area contributed by atoms with E-state index >= 15 is 0 Å². The third-order valence-electron chi connectivity index (χ3n) is 3.86. The number of nitrogens with zero attached hydrogens (tertiary/aromatic N) is 1. The van der Waals surface area contributed by atoms with Gasteiger partial charge in [0, 0.05) is 6.54 Å². The van der Waals surface area contributed by atoms with Crippen LogP contribution in [-0.2, 0) is 15.8 Å². The van der Waals surface area contributed by atoms with Crippen LogP contribution in [0.25, 0.3) is 0 Å². The van der Waals surface area contributed by atoms with Crippen molar-refractivity contribution in [1.82, 2.24) is 9.62 Å². The van der Waals surface area contributed by atoms with Crippen molar-refractivity contribution in [3.05, 3.63) is 35.4 Å². The number of piperidine rings is 1. The monoisotopic (exact) mass is 310 g/mol. The number of nitrogens with one attached hydrogen (secondary N) is 1. The predicted molar refractivity (Wildman–Crippen MR) is 86.7 cm³/mol. The lowest BCUT2D eigenvalue weighted by molar-refractivity contribution is 0.227. The number of benzene rings is 1. The zero-order valence-electron chi connectivity index (χ0n) is 12.8. The molecule has 2 rings (SSSR count). The summed E-state index contributed by atoms with van der Waals surface area (Å²) in [6, 6.07) is 7.66. The molecule has 1 saturated heterocycles. The van der Waals surface area contributed by atoms with E-state index in [4.69, 9.17) is 0 Å². The van der Waals surface area contributed by atoms with E-state index < -0.39 is 10.0 Å². The average Bonchev–Trinajstić information content (AvgIpc) is 2.44. The summed E-state index contributed by atoms with van der Waals surface area (Å²) >= 11 is 0. The van der Waals surface area contributed by atoms with E-state index in [1.807, 2.05) is 31.2 Å². The van der Waals surface area contributed by atoms with Gasteiger partial charge in [0.1, 0.15) is 0 Å². The summed E-state index contributed by atoms with van der Waals surface area (Å²) in [5, 5.41) is 0. The molecule has 0 bridgehead atoms. The fourth-order valence-electron chi connectivity index (χ4n) is 2.79.